The molecule has 0 radical (unpaired) electrons. The zero-order valence-electron chi connectivity index (χ0n) is 16.3. The third-order valence-corrected chi connectivity index (χ3v) is 4.87. The first-order valence-electron chi connectivity index (χ1n) is 9.24. The molecule has 1 aliphatic rings. The minimum atomic E-state index is -0.800. The highest BCUT2D eigenvalue weighted by Gasteiger charge is 2.39. The van der Waals surface area contributed by atoms with Crippen LogP contribution in [0.2, 0.25) is 0 Å². The third-order valence-electron chi connectivity index (χ3n) is 4.87. The van der Waals surface area contributed by atoms with Crippen molar-refractivity contribution in [2.75, 3.05) is 19.0 Å². The fourth-order valence-electron chi connectivity index (χ4n) is 3.55. The first-order valence-corrected chi connectivity index (χ1v) is 9.24. The maximum absolute atomic E-state index is 13.8. The lowest BCUT2D eigenvalue weighted by Gasteiger charge is -2.16. The molecule has 2 aromatic carbocycles. The fraction of sp³-hybridized carbons (Fsp3) is 0.250. The molecule has 2 atom stereocenters. The number of fused-ring (bicyclic) bond motifs is 1. The van der Waals surface area contributed by atoms with Gasteiger partial charge in [-0.3, -0.25) is 14.9 Å². The van der Waals surface area contributed by atoms with E-state index in [0.717, 1.165) is 5.56 Å². The van der Waals surface area contributed by atoms with Crippen molar-refractivity contribution in [1.82, 2.24) is 25.5 Å². The topological polar surface area (TPSA) is 111 Å². The Hall–Kier alpha value is -3.82. The lowest BCUT2D eigenvalue weighted by atomic mass is 9.86. The van der Waals surface area contributed by atoms with Crippen LogP contribution < -0.4 is 15.4 Å². The Balaban J connectivity index is 1.81. The average molecular weight is 410 g/mol. The van der Waals surface area contributed by atoms with Gasteiger partial charge in [0.1, 0.15) is 18.5 Å². The standard InChI is InChI=1S/C20H19FN6O3/c1-22-19(29)14-9-12(18(28)23-20-24-26-27(2)25-20)8-13-16(11-6-4-3-5-7-11)15(10-21)30-17(13)14/h3-9,15-16H,10H2,1-2H3,(H,22,29)(H,23,25,28)/t15-,16+/m1/s1. The number of nitrogens with zero attached hydrogens (tertiary/aromatic N) is 4. The zero-order chi connectivity index (χ0) is 21.3. The maximum atomic E-state index is 13.8. The van der Waals surface area contributed by atoms with E-state index in [-0.39, 0.29) is 22.8 Å². The van der Waals surface area contributed by atoms with Gasteiger partial charge in [-0.15, -0.1) is 5.10 Å². The number of aromatic nitrogens is 4. The van der Waals surface area contributed by atoms with Gasteiger partial charge in [-0.1, -0.05) is 35.4 Å². The van der Waals surface area contributed by atoms with E-state index in [0.29, 0.717) is 5.56 Å². The highest BCUT2D eigenvalue weighted by molar-refractivity contribution is 6.06. The molecule has 0 spiro atoms. The van der Waals surface area contributed by atoms with Gasteiger partial charge in [-0.05, 0) is 22.9 Å². The SMILES string of the molecule is CNC(=O)c1cc(C(=O)Nc2nnn(C)n2)cc2c1O[C@H](CF)[C@H]2c1ccccc1. The third kappa shape index (κ3) is 3.47. The molecule has 0 unspecified atom stereocenters. The molecule has 154 valence electrons. The molecule has 0 fully saturated rings. The molecule has 4 rings (SSSR count). The van der Waals surface area contributed by atoms with E-state index in [1.807, 2.05) is 30.3 Å². The van der Waals surface area contributed by atoms with Gasteiger partial charge in [0.25, 0.3) is 17.8 Å². The number of benzene rings is 2. The smallest absolute Gasteiger partial charge is 0.270 e. The van der Waals surface area contributed by atoms with Crippen molar-refractivity contribution in [1.29, 1.82) is 0 Å². The maximum Gasteiger partial charge on any atom is 0.270 e. The molecular weight excluding hydrogens is 391 g/mol. The van der Waals surface area contributed by atoms with E-state index in [1.54, 1.807) is 13.1 Å². The number of tetrazole rings is 1. The molecule has 0 saturated heterocycles. The number of anilines is 1. The second-order valence-corrected chi connectivity index (χ2v) is 6.78. The summed E-state index contributed by atoms with van der Waals surface area (Å²) in [6.45, 7) is -0.744. The molecule has 10 heteroatoms. The highest BCUT2D eigenvalue weighted by atomic mass is 19.1. The summed E-state index contributed by atoms with van der Waals surface area (Å²) >= 11 is 0. The molecule has 0 bridgehead atoms. The van der Waals surface area contributed by atoms with Gasteiger partial charge in [-0.25, -0.2) is 4.39 Å². The van der Waals surface area contributed by atoms with Crippen molar-refractivity contribution in [2.45, 2.75) is 12.0 Å². The summed E-state index contributed by atoms with van der Waals surface area (Å²) in [6, 6.07) is 12.3. The second-order valence-electron chi connectivity index (χ2n) is 6.78. The van der Waals surface area contributed by atoms with Crippen LogP contribution in [0.1, 0.15) is 37.8 Å². The molecule has 2 N–H and O–H groups in total. The molecule has 30 heavy (non-hydrogen) atoms. The Morgan fingerprint density at radius 1 is 1.20 bits per heavy atom. The van der Waals surface area contributed by atoms with Gasteiger partial charge < -0.3 is 10.1 Å². The number of alkyl halides is 1. The molecule has 2 amide bonds. The Labute approximate surface area is 171 Å². The number of nitrogens with one attached hydrogen (secondary N) is 2. The van der Waals surface area contributed by atoms with Crippen LogP contribution in [0.5, 0.6) is 5.75 Å². The Bertz CT molecular complexity index is 1100. The number of carbonyl (C=O) groups excluding carboxylic acids is 2. The first kappa shape index (κ1) is 19.5. The van der Waals surface area contributed by atoms with Crippen LogP contribution in [-0.2, 0) is 7.05 Å². The zero-order valence-corrected chi connectivity index (χ0v) is 16.3. The summed E-state index contributed by atoms with van der Waals surface area (Å²) in [5.41, 5.74) is 1.75. The van der Waals surface area contributed by atoms with Gasteiger partial charge in [0.05, 0.1) is 18.5 Å². The molecule has 2 heterocycles. The monoisotopic (exact) mass is 410 g/mol. The van der Waals surface area contributed by atoms with Crippen molar-refractivity contribution in [3.63, 3.8) is 0 Å². The quantitative estimate of drug-likeness (QED) is 0.662. The predicted octanol–water partition coefficient (Wildman–Crippen LogP) is 1.68. The van der Waals surface area contributed by atoms with Gasteiger partial charge >= 0.3 is 0 Å². The van der Waals surface area contributed by atoms with Crippen LogP contribution in [0.3, 0.4) is 0 Å². The van der Waals surface area contributed by atoms with Crippen molar-refractivity contribution >= 4 is 17.8 Å². The van der Waals surface area contributed by atoms with Crippen molar-refractivity contribution < 1.29 is 18.7 Å². The van der Waals surface area contributed by atoms with Crippen LogP contribution in [-0.4, -0.2) is 51.8 Å². The van der Waals surface area contributed by atoms with E-state index in [1.165, 1.54) is 17.9 Å². The number of aryl methyl sites for hydroxylation is 1. The van der Waals surface area contributed by atoms with Gasteiger partial charge in [0, 0.05) is 18.2 Å². The Kier molecular flexibility index (Phi) is 5.13. The predicted molar refractivity (Wildman–Crippen MR) is 105 cm³/mol. The van der Waals surface area contributed by atoms with Gasteiger partial charge in [-0.2, -0.15) is 4.80 Å². The summed E-state index contributed by atoms with van der Waals surface area (Å²) < 4.78 is 19.7. The molecule has 1 aliphatic heterocycles. The van der Waals surface area contributed by atoms with Crippen LogP contribution >= 0.6 is 0 Å². The minimum absolute atomic E-state index is 0.0296. The van der Waals surface area contributed by atoms with Gasteiger partial charge in [0.2, 0.25) is 0 Å². The fourth-order valence-corrected chi connectivity index (χ4v) is 3.55. The first-order chi connectivity index (χ1) is 14.5. The van der Waals surface area contributed by atoms with Crippen molar-refractivity contribution in [2.24, 2.45) is 7.05 Å². The second kappa shape index (κ2) is 7.90. The van der Waals surface area contributed by atoms with E-state index in [4.69, 9.17) is 4.74 Å². The number of ether oxygens (including phenoxy) is 1. The molecule has 9 nitrogen and oxygen atoms in total. The number of amides is 2. The van der Waals surface area contributed by atoms with E-state index < -0.39 is 30.5 Å². The molecular formula is C20H19FN6O3. The minimum Gasteiger partial charge on any atom is -0.486 e. The highest BCUT2D eigenvalue weighted by Crippen LogP contribution is 2.45. The normalized spacial score (nSPS) is 17.2. The van der Waals surface area contributed by atoms with Crippen molar-refractivity contribution in [3.05, 3.63) is 64.7 Å². The number of rotatable bonds is 5. The van der Waals surface area contributed by atoms with Crippen molar-refractivity contribution in [3.8, 4) is 5.75 Å². The molecule has 0 aliphatic carbocycles. The van der Waals surface area contributed by atoms with Crippen LogP contribution in [0.15, 0.2) is 42.5 Å². The summed E-state index contributed by atoms with van der Waals surface area (Å²) in [5.74, 6) is -1.12. The number of hydrogen-bond acceptors (Lipinski definition) is 6. The molecule has 0 saturated carbocycles. The van der Waals surface area contributed by atoms with E-state index >= 15 is 0 Å². The Morgan fingerprint density at radius 3 is 2.60 bits per heavy atom. The molecule has 1 aromatic heterocycles. The van der Waals surface area contributed by atoms with E-state index in [9.17, 15) is 14.0 Å². The summed E-state index contributed by atoms with van der Waals surface area (Å²) in [5, 5.41) is 16.4. The van der Waals surface area contributed by atoms with Crippen LogP contribution in [0.25, 0.3) is 0 Å². The number of halogens is 1. The lowest BCUT2D eigenvalue weighted by molar-refractivity contribution is 0.0955. The van der Waals surface area contributed by atoms with Crippen LogP contribution in [0, 0.1) is 0 Å². The average Bonchev–Trinajstić information content (AvgIpc) is 3.35. The van der Waals surface area contributed by atoms with Gasteiger partial charge in [0.15, 0.2) is 0 Å². The largest absolute Gasteiger partial charge is 0.486 e. The van der Waals surface area contributed by atoms with E-state index in [2.05, 4.69) is 26.0 Å². The summed E-state index contributed by atoms with van der Waals surface area (Å²) in [4.78, 5) is 26.5. The van der Waals surface area contributed by atoms with Crippen LogP contribution in [0.4, 0.5) is 10.3 Å². The Morgan fingerprint density at radius 2 is 1.97 bits per heavy atom. The number of hydrogen-bond donors (Lipinski definition) is 2. The summed E-state index contributed by atoms with van der Waals surface area (Å²) in [6.07, 6.45) is -0.800. The number of carbonyl (C=O) groups is 2. The summed E-state index contributed by atoms with van der Waals surface area (Å²) in [7, 11) is 3.04. The lowest BCUT2D eigenvalue weighted by Crippen LogP contribution is -2.22. The molecule has 3 aromatic rings.